The molecule has 0 rings (SSSR count). The van der Waals surface area contributed by atoms with Gasteiger partial charge in [-0.05, 0) is 27.7 Å². The van der Waals surface area contributed by atoms with E-state index in [9.17, 15) is 9.59 Å². The van der Waals surface area contributed by atoms with Crippen LogP contribution in [-0.2, 0) is 9.59 Å². The van der Waals surface area contributed by atoms with Gasteiger partial charge in [-0.15, -0.1) is 0 Å². The van der Waals surface area contributed by atoms with Crippen LogP contribution < -0.4 is 0 Å². The molecule has 0 amide bonds. The number of ketones is 1. The minimum Gasteiger partial charge on any atom is -0.481 e. The quantitative estimate of drug-likeness (QED) is 0.700. The third-order valence-electron chi connectivity index (χ3n) is 2.33. The number of Topliss-reactive ketones (excluding diaryl/α,β-unsaturated/α-hetero) is 1. The van der Waals surface area contributed by atoms with Crippen molar-refractivity contribution in [1.82, 2.24) is 4.90 Å². The van der Waals surface area contributed by atoms with Crippen LogP contribution in [0.15, 0.2) is 0 Å². The molecule has 0 heterocycles. The first-order valence-corrected chi connectivity index (χ1v) is 4.84. The molecule has 0 saturated carbocycles. The zero-order valence-electron chi connectivity index (χ0n) is 9.28. The number of rotatable bonds is 6. The van der Waals surface area contributed by atoms with E-state index in [2.05, 4.69) is 0 Å². The van der Waals surface area contributed by atoms with Gasteiger partial charge in [0.05, 0.1) is 12.5 Å². The zero-order chi connectivity index (χ0) is 11.3. The summed E-state index contributed by atoms with van der Waals surface area (Å²) in [4.78, 5) is 23.5. The molecule has 14 heavy (non-hydrogen) atoms. The Hall–Kier alpha value is -0.900. The van der Waals surface area contributed by atoms with Crippen LogP contribution in [0, 0.1) is 0 Å². The molecular formula is C10H19NO3. The Bertz CT molecular complexity index is 213. The molecule has 0 aromatic heterocycles. The van der Waals surface area contributed by atoms with Crippen molar-refractivity contribution in [2.24, 2.45) is 0 Å². The van der Waals surface area contributed by atoms with Gasteiger partial charge in [-0.2, -0.15) is 0 Å². The average molecular weight is 201 g/mol. The predicted molar refractivity (Wildman–Crippen MR) is 54.2 cm³/mol. The maximum Gasteiger partial charge on any atom is 0.304 e. The van der Waals surface area contributed by atoms with Crippen molar-refractivity contribution >= 4 is 11.8 Å². The highest BCUT2D eigenvalue weighted by atomic mass is 16.4. The second-order valence-corrected chi connectivity index (χ2v) is 3.76. The highest BCUT2D eigenvalue weighted by Crippen LogP contribution is 2.07. The Labute approximate surface area is 84.9 Å². The SMILES string of the molecule is CC(=O)C(C)N(CCC(=O)O)C(C)C. The Kier molecular flexibility index (Phi) is 5.38. The van der Waals surface area contributed by atoms with E-state index in [0.717, 1.165) is 0 Å². The molecule has 0 aliphatic carbocycles. The van der Waals surface area contributed by atoms with E-state index < -0.39 is 5.97 Å². The van der Waals surface area contributed by atoms with E-state index in [1.807, 2.05) is 25.7 Å². The Morgan fingerprint density at radius 1 is 1.29 bits per heavy atom. The molecule has 1 N–H and O–H groups in total. The van der Waals surface area contributed by atoms with Gasteiger partial charge in [-0.25, -0.2) is 0 Å². The van der Waals surface area contributed by atoms with Crippen LogP contribution in [0.3, 0.4) is 0 Å². The van der Waals surface area contributed by atoms with Gasteiger partial charge in [0, 0.05) is 12.6 Å². The van der Waals surface area contributed by atoms with Crippen molar-refractivity contribution < 1.29 is 14.7 Å². The van der Waals surface area contributed by atoms with Gasteiger partial charge in [0.15, 0.2) is 0 Å². The lowest BCUT2D eigenvalue weighted by Crippen LogP contribution is -2.43. The molecule has 0 fully saturated rings. The summed E-state index contributed by atoms with van der Waals surface area (Å²) in [6, 6.07) is -0.0115. The van der Waals surface area contributed by atoms with E-state index in [1.165, 1.54) is 6.92 Å². The molecule has 0 aliphatic rings. The summed E-state index contributed by atoms with van der Waals surface area (Å²) in [5.41, 5.74) is 0. The number of hydrogen-bond donors (Lipinski definition) is 1. The molecule has 1 unspecified atom stereocenters. The molecule has 0 aromatic rings. The van der Waals surface area contributed by atoms with Crippen molar-refractivity contribution in [3.8, 4) is 0 Å². The monoisotopic (exact) mass is 201 g/mol. The fraction of sp³-hybridized carbons (Fsp3) is 0.800. The smallest absolute Gasteiger partial charge is 0.304 e. The van der Waals surface area contributed by atoms with E-state index in [1.54, 1.807) is 0 Å². The van der Waals surface area contributed by atoms with Crippen LogP contribution in [0.4, 0.5) is 0 Å². The molecule has 0 aromatic carbocycles. The van der Waals surface area contributed by atoms with Crippen LogP contribution >= 0.6 is 0 Å². The highest BCUT2D eigenvalue weighted by Gasteiger charge is 2.20. The maximum absolute atomic E-state index is 11.1. The van der Waals surface area contributed by atoms with E-state index >= 15 is 0 Å². The summed E-state index contributed by atoms with van der Waals surface area (Å²) in [6.45, 7) is 7.68. The second-order valence-electron chi connectivity index (χ2n) is 3.76. The van der Waals surface area contributed by atoms with Gasteiger partial charge in [-0.3, -0.25) is 14.5 Å². The van der Waals surface area contributed by atoms with Crippen molar-refractivity contribution in [2.75, 3.05) is 6.54 Å². The van der Waals surface area contributed by atoms with Crippen LogP contribution in [0.25, 0.3) is 0 Å². The van der Waals surface area contributed by atoms with Crippen molar-refractivity contribution in [3.63, 3.8) is 0 Å². The Morgan fingerprint density at radius 3 is 2.07 bits per heavy atom. The lowest BCUT2D eigenvalue weighted by Gasteiger charge is -2.30. The van der Waals surface area contributed by atoms with Gasteiger partial charge in [0.25, 0.3) is 0 Å². The first-order valence-electron chi connectivity index (χ1n) is 4.84. The maximum atomic E-state index is 11.1. The fourth-order valence-electron chi connectivity index (χ4n) is 1.36. The summed E-state index contributed by atoms with van der Waals surface area (Å²) >= 11 is 0. The second kappa shape index (κ2) is 5.75. The topological polar surface area (TPSA) is 57.6 Å². The third kappa shape index (κ3) is 4.37. The lowest BCUT2D eigenvalue weighted by molar-refractivity contribution is -0.138. The molecule has 82 valence electrons. The van der Waals surface area contributed by atoms with Crippen molar-refractivity contribution in [2.45, 2.75) is 46.2 Å². The Balaban J connectivity index is 4.29. The van der Waals surface area contributed by atoms with E-state index in [-0.39, 0.29) is 24.3 Å². The molecule has 0 saturated heterocycles. The first-order chi connectivity index (χ1) is 6.36. The summed E-state index contributed by atoms with van der Waals surface area (Å²) in [5, 5.41) is 8.55. The summed E-state index contributed by atoms with van der Waals surface area (Å²) < 4.78 is 0. The van der Waals surface area contributed by atoms with E-state index in [0.29, 0.717) is 6.54 Å². The molecule has 4 heteroatoms. The van der Waals surface area contributed by atoms with Crippen LogP contribution in [0.1, 0.15) is 34.1 Å². The molecule has 0 spiro atoms. The van der Waals surface area contributed by atoms with Gasteiger partial charge in [0.1, 0.15) is 5.78 Å². The molecule has 4 nitrogen and oxygen atoms in total. The normalized spacial score (nSPS) is 13.3. The average Bonchev–Trinajstić information content (AvgIpc) is 2.02. The first kappa shape index (κ1) is 13.1. The van der Waals surface area contributed by atoms with Crippen LogP contribution in [0.5, 0.6) is 0 Å². The fourth-order valence-corrected chi connectivity index (χ4v) is 1.36. The summed E-state index contributed by atoms with van der Waals surface area (Å²) in [6.07, 6.45) is 0.0792. The minimum absolute atomic E-state index is 0.0732. The van der Waals surface area contributed by atoms with Crippen molar-refractivity contribution in [3.05, 3.63) is 0 Å². The predicted octanol–water partition coefficient (Wildman–Crippen LogP) is 1.15. The van der Waals surface area contributed by atoms with Crippen LogP contribution in [-0.4, -0.2) is 40.4 Å². The molecule has 0 aliphatic heterocycles. The number of carbonyl (C=O) groups is 2. The van der Waals surface area contributed by atoms with Gasteiger partial charge >= 0.3 is 5.97 Å². The number of nitrogens with zero attached hydrogens (tertiary/aromatic N) is 1. The van der Waals surface area contributed by atoms with E-state index in [4.69, 9.17) is 5.11 Å². The number of carboxylic acid groups (broad SMARTS) is 1. The van der Waals surface area contributed by atoms with Crippen LogP contribution in [0.2, 0.25) is 0 Å². The number of carboxylic acids is 1. The standard InChI is InChI=1S/C10H19NO3/c1-7(2)11(6-5-10(13)14)8(3)9(4)12/h7-8H,5-6H2,1-4H3,(H,13,14). The molecule has 0 bridgehead atoms. The number of carbonyl (C=O) groups excluding carboxylic acids is 1. The van der Waals surface area contributed by atoms with Crippen molar-refractivity contribution in [1.29, 1.82) is 0 Å². The largest absolute Gasteiger partial charge is 0.481 e. The summed E-state index contributed by atoms with van der Waals surface area (Å²) in [5.74, 6) is -0.754. The minimum atomic E-state index is -0.827. The number of hydrogen-bond acceptors (Lipinski definition) is 3. The Morgan fingerprint density at radius 2 is 1.79 bits per heavy atom. The molecular weight excluding hydrogens is 182 g/mol. The van der Waals surface area contributed by atoms with Gasteiger partial charge < -0.3 is 5.11 Å². The highest BCUT2D eigenvalue weighted by molar-refractivity contribution is 5.81. The van der Waals surface area contributed by atoms with Gasteiger partial charge in [-0.1, -0.05) is 0 Å². The summed E-state index contributed by atoms with van der Waals surface area (Å²) in [7, 11) is 0. The third-order valence-corrected chi connectivity index (χ3v) is 2.33. The lowest BCUT2D eigenvalue weighted by atomic mass is 10.1. The molecule has 0 radical (unpaired) electrons. The molecule has 1 atom stereocenters. The number of aliphatic carboxylic acids is 1. The van der Waals surface area contributed by atoms with Gasteiger partial charge in [0.2, 0.25) is 0 Å². The zero-order valence-corrected chi connectivity index (χ0v) is 9.28.